The lowest BCUT2D eigenvalue weighted by Gasteiger charge is -2.23. The molecule has 3 heteroatoms. The van der Waals surface area contributed by atoms with Crippen molar-refractivity contribution in [1.29, 1.82) is 0 Å². The van der Waals surface area contributed by atoms with Crippen molar-refractivity contribution in [3.63, 3.8) is 0 Å². The topological polar surface area (TPSA) is 40.5 Å². The molecule has 0 aliphatic carbocycles. The van der Waals surface area contributed by atoms with Crippen LogP contribution >= 0.6 is 0 Å². The summed E-state index contributed by atoms with van der Waals surface area (Å²) >= 11 is 0. The highest BCUT2D eigenvalue weighted by atomic mass is 16.4. The van der Waals surface area contributed by atoms with Gasteiger partial charge < -0.3 is 5.11 Å². The molecule has 1 N–H and O–H groups in total. The predicted octanol–water partition coefficient (Wildman–Crippen LogP) is 4.46. The maximum absolute atomic E-state index is 10.9. The Labute approximate surface area is 144 Å². The lowest BCUT2D eigenvalue weighted by Crippen LogP contribution is -2.25. The number of hydrogen-bond acceptors (Lipinski definition) is 2. The van der Waals surface area contributed by atoms with Crippen molar-refractivity contribution in [1.82, 2.24) is 4.90 Å². The van der Waals surface area contributed by atoms with Gasteiger partial charge in [-0.1, -0.05) is 75.4 Å². The van der Waals surface area contributed by atoms with E-state index in [1.165, 1.54) is 16.7 Å². The molecule has 0 aliphatic heterocycles. The van der Waals surface area contributed by atoms with Gasteiger partial charge in [-0.15, -0.1) is 0 Å². The molecule has 0 amide bonds. The second kappa shape index (κ2) is 8.11. The molecule has 128 valence electrons. The van der Waals surface area contributed by atoms with Crippen LogP contribution in [0.4, 0.5) is 0 Å². The summed E-state index contributed by atoms with van der Waals surface area (Å²) in [5.74, 6) is -0.754. The molecule has 0 unspecified atom stereocenters. The first-order valence-electron chi connectivity index (χ1n) is 8.42. The van der Waals surface area contributed by atoms with Gasteiger partial charge in [0.2, 0.25) is 0 Å². The van der Waals surface area contributed by atoms with Crippen molar-refractivity contribution in [3.05, 3.63) is 71.3 Å². The maximum atomic E-state index is 10.9. The first-order valence-corrected chi connectivity index (χ1v) is 8.42. The number of nitrogens with zero attached hydrogens (tertiary/aromatic N) is 1. The third-order valence-corrected chi connectivity index (χ3v) is 4.12. The Bertz CT molecular complexity index is 642. The van der Waals surface area contributed by atoms with Crippen LogP contribution in [0.1, 0.15) is 43.9 Å². The standard InChI is InChI=1S/C21H27NO2/c1-21(2,3)19-11-9-18(10-12-19)16-22(14-13-20(23)24)15-17-7-5-4-6-8-17/h4-12H,13-16H2,1-3H3,(H,23,24). The molecular weight excluding hydrogens is 298 g/mol. The minimum atomic E-state index is -0.754. The Kier molecular flexibility index (Phi) is 6.16. The van der Waals surface area contributed by atoms with Gasteiger partial charge in [0, 0.05) is 19.6 Å². The summed E-state index contributed by atoms with van der Waals surface area (Å²) in [5.41, 5.74) is 3.87. The van der Waals surface area contributed by atoms with Crippen molar-refractivity contribution in [2.75, 3.05) is 6.54 Å². The van der Waals surface area contributed by atoms with Crippen LogP contribution in [0, 0.1) is 0 Å². The largest absolute Gasteiger partial charge is 0.481 e. The van der Waals surface area contributed by atoms with Gasteiger partial charge in [0.1, 0.15) is 0 Å². The van der Waals surface area contributed by atoms with E-state index < -0.39 is 5.97 Å². The molecule has 0 aromatic heterocycles. The van der Waals surface area contributed by atoms with Crippen LogP contribution in [-0.2, 0) is 23.3 Å². The average molecular weight is 325 g/mol. The first kappa shape index (κ1) is 18.2. The third kappa shape index (κ3) is 5.82. The quantitative estimate of drug-likeness (QED) is 0.817. The number of carboxylic acids is 1. The van der Waals surface area contributed by atoms with E-state index in [0.717, 1.165) is 13.1 Å². The van der Waals surface area contributed by atoms with Crippen LogP contribution in [0.15, 0.2) is 54.6 Å². The fourth-order valence-electron chi connectivity index (χ4n) is 2.68. The lowest BCUT2D eigenvalue weighted by molar-refractivity contribution is -0.137. The predicted molar refractivity (Wildman–Crippen MR) is 98.0 cm³/mol. The van der Waals surface area contributed by atoms with Gasteiger partial charge in [-0.3, -0.25) is 9.69 Å². The summed E-state index contributed by atoms with van der Waals surface area (Å²) < 4.78 is 0. The molecule has 0 fully saturated rings. The van der Waals surface area contributed by atoms with E-state index in [1.54, 1.807) is 0 Å². The van der Waals surface area contributed by atoms with E-state index >= 15 is 0 Å². The molecule has 0 saturated heterocycles. The molecule has 0 spiro atoms. The Hall–Kier alpha value is -2.13. The van der Waals surface area contributed by atoms with Crippen molar-refractivity contribution in [2.45, 2.75) is 45.7 Å². The van der Waals surface area contributed by atoms with Crippen molar-refractivity contribution < 1.29 is 9.90 Å². The van der Waals surface area contributed by atoms with Crippen LogP contribution in [0.25, 0.3) is 0 Å². The highest BCUT2D eigenvalue weighted by Crippen LogP contribution is 2.22. The summed E-state index contributed by atoms with van der Waals surface area (Å²) in [6.45, 7) is 8.68. The average Bonchev–Trinajstić information content (AvgIpc) is 2.53. The smallest absolute Gasteiger partial charge is 0.304 e. The second-order valence-corrected chi connectivity index (χ2v) is 7.29. The summed E-state index contributed by atoms with van der Waals surface area (Å²) in [6, 6.07) is 18.8. The number of benzene rings is 2. The highest BCUT2D eigenvalue weighted by Gasteiger charge is 2.14. The number of hydrogen-bond donors (Lipinski definition) is 1. The summed E-state index contributed by atoms with van der Waals surface area (Å²) in [4.78, 5) is 13.1. The van der Waals surface area contributed by atoms with Gasteiger partial charge in [0.15, 0.2) is 0 Å². The maximum Gasteiger partial charge on any atom is 0.304 e. The first-order chi connectivity index (χ1) is 11.3. The molecule has 3 nitrogen and oxygen atoms in total. The van der Waals surface area contributed by atoms with E-state index in [2.05, 4.69) is 62.1 Å². The zero-order valence-electron chi connectivity index (χ0n) is 14.8. The van der Waals surface area contributed by atoms with Crippen molar-refractivity contribution in [3.8, 4) is 0 Å². The number of rotatable bonds is 7. The molecule has 2 aromatic carbocycles. The van der Waals surface area contributed by atoms with Gasteiger partial charge >= 0.3 is 5.97 Å². The zero-order valence-corrected chi connectivity index (χ0v) is 14.8. The van der Waals surface area contributed by atoms with Gasteiger partial charge in [0.05, 0.1) is 6.42 Å². The molecule has 2 aromatic rings. The van der Waals surface area contributed by atoms with Gasteiger partial charge in [-0.2, -0.15) is 0 Å². The molecule has 0 aliphatic rings. The van der Waals surface area contributed by atoms with Crippen LogP contribution in [0.5, 0.6) is 0 Å². The molecule has 0 atom stereocenters. The number of aliphatic carboxylic acids is 1. The van der Waals surface area contributed by atoms with E-state index in [0.29, 0.717) is 6.54 Å². The second-order valence-electron chi connectivity index (χ2n) is 7.29. The van der Waals surface area contributed by atoms with Gasteiger partial charge in [-0.25, -0.2) is 0 Å². The van der Waals surface area contributed by atoms with Crippen LogP contribution in [-0.4, -0.2) is 22.5 Å². The minimum Gasteiger partial charge on any atom is -0.481 e. The van der Waals surface area contributed by atoms with E-state index in [-0.39, 0.29) is 11.8 Å². The molecule has 0 bridgehead atoms. The number of carbonyl (C=O) groups is 1. The fourth-order valence-corrected chi connectivity index (χ4v) is 2.68. The molecule has 0 radical (unpaired) electrons. The van der Waals surface area contributed by atoms with E-state index in [1.807, 2.05) is 18.2 Å². The summed E-state index contributed by atoms with van der Waals surface area (Å²) in [5, 5.41) is 8.99. The SMILES string of the molecule is CC(C)(C)c1ccc(CN(CCC(=O)O)Cc2ccccc2)cc1. The normalized spacial score (nSPS) is 11.7. The Morgan fingerprint density at radius 2 is 1.46 bits per heavy atom. The Balaban J connectivity index is 2.07. The minimum absolute atomic E-state index is 0.144. The Morgan fingerprint density at radius 3 is 1.96 bits per heavy atom. The zero-order chi connectivity index (χ0) is 17.6. The molecular formula is C21H27NO2. The number of carboxylic acid groups (broad SMARTS) is 1. The van der Waals surface area contributed by atoms with Gasteiger partial charge in [-0.05, 0) is 22.1 Å². The summed E-state index contributed by atoms with van der Waals surface area (Å²) in [7, 11) is 0. The third-order valence-electron chi connectivity index (χ3n) is 4.12. The molecule has 0 heterocycles. The van der Waals surface area contributed by atoms with Crippen LogP contribution in [0.3, 0.4) is 0 Å². The Morgan fingerprint density at radius 1 is 0.917 bits per heavy atom. The molecule has 24 heavy (non-hydrogen) atoms. The fraction of sp³-hybridized carbons (Fsp3) is 0.381. The van der Waals surface area contributed by atoms with E-state index in [4.69, 9.17) is 5.11 Å². The summed E-state index contributed by atoms with van der Waals surface area (Å²) in [6.07, 6.45) is 0.160. The van der Waals surface area contributed by atoms with Crippen molar-refractivity contribution >= 4 is 5.97 Å². The molecule has 0 saturated carbocycles. The molecule has 2 rings (SSSR count). The van der Waals surface area contributed by atoms with Gasteiger partial charge in [0.25, 0.3) is 0 Å². The monoisotopic (exact) mass is 325 g/mol. The van der Waals surface area contributed by atoms with Crippen LogP contribution in [0.2, 0.25) is 0 Å². The lowest BCUT2D eigenvalue weighted by atomic mass is 9.87. The van der Waals surface area contributed by atoms with E-state index in [9.17, 15) is 4.79 Å². The highest BCUT2D eigenvalue weighted by molar-refractivity contribution is 5.66. The van der Waals surface area contributed by atoms with Crippen LogP contribution < -0.4 is 0 Å². The van der Waals surface area contributed by atoms with Crippen molar-refractivity contribution in [2.24, 2.45) is 0 Å².